The van der Waals surface area contributed by atoms with Crippen LogP contribution in [0.2, 0.25) is 5.02 Å². The minimum absolute atomic E-state index is 0.00537. The number of hydrogen-bond acceptors (Lipinski definition) is 5. The average molecular weight is 646 g/mol. The van der Waals surface area contributed by atoms with Gasteiger partial charge in [-0.3, -0.25) is 9.59 Å². The lowest BCUT2D eigenvalue weighted by Gasteiger charge is -2.30. The summed E-state index contributed by atoms with van der Waals surface area (Å²) in [5, 5.41) is 8.04. The fourth-order valence-corrected chi connectivity index (χ4v) is 5.09. The predicted molar refractivity (Wildman–Crippen MR) is 153 cm³/mol. The molecule has 0 saturated heterocycles. The van der Waals surface area contributed by atoms with Gasteiger partial charge in [0.15, 0.2) is 5.82 Å². The van der Waals surface area contributed by atoms with Gasteiger partial charge in [-0.25, -0.2) is 18.2 Å². The molecule has 15 heteroatoms. The number of halogens is 7. The number of carbonyl (C=O) groups excluding carboxylic acids is 2. The summed E-state index contributed by atoms with van der Waals surface area (Å²) in [5.74, 6) is -3.48. The molecule has 238 valence electrons. The zero-order valence-electron chi connectivity index (χ0n) is 23.8. The highest BCUT2D eigenvalue weighted by atomic mass is 35.5. The van der Waals surface area contributed by atoms with Crippen LogP contribution in [0.15, 0.2) is 36.4 Å². The number of aromatic nitrogens is 2. The molecule has 3 aromatic rings. The lowest BCUT2D eigenvalue weighted by molar-refractivity contribution is -0.182. The van der Waals surface area contributed by atoms with Crippen molar-refractivity contribution in [1.29, 1.82) is 0 Å². The highest BCUT2D eigenvalue weighted by molar-refractivity contribution is 6.33. The Morgan fingerprint density at radius 2 is 1.86 bits per heavy atom. The molecule has 0 atom stereocenters. The van der Waals surface area contributed by atoms with Crippen molar-refractivity contribution in [3.05, 3.63) is 58.4 Å². The van der Waals surface area contributed by atoms with Crippen LogP contribution in [-0.4, -0.2) is 46.6 Å². The molecule has 1 fully saturated rings. The molecule has 1 saturated carbocycles. The minimum Gasteiger partial charge on any atom is -0.487 e. The third-order valence-electron chi connectivity index (χ3n) is 7.35. The normalized spacial score (nSPS) is 17.0. The zero-order chi connectivity index (χ0) is 32.3. The van der Waals surface area contributed by atoms with Crippen LogP contribution in [0.25, 0.3) is 11.0 Å². The molecule has 4 rings (SSSR count). The van der Waals surface area contributed by atoms with Crippen LogP contribution in [0, 0.1) is 11.7 Å². The van der Waals surface area contributed by atoms with Gasteiger partial charge in [-0.1, -0.05) is 24.2 Å². The van der Waals surface area contributed by atoms with Crippen LogP contribution >= 0.6 is 11.6 Å². The molecule has 1 aliphatic rings. The standard InChI is InChI=1S/C29H30ClF6N5O3/c1-14(2)26(42)37-12-15-4-9-19(30)25(24(15)33)40-28-39-20-10-18(22(44-13-23(31)32)11-21(20)41(28)3)27(43)38-17-7-5-16(6-8-17)29(34,35)36/h4,9-11,16-17,23H,1,5-8,12-13H2,2-3H3,(H,37,42)(H,38,43)(H,39,40). The van der Waals surface area contributed by atoms with Crippen LogP contribution in [0.1, 0.15) is 48.5 Å². The van der Waals surface area contributed by atoms with Gasteiger partial charge in [-0.15, -0.1) is 0 Å². The van der Waals surface area contributed by atoms with Crippen molar-refractivity contribution in [2.75, 3.05) is 11.9 Å². The molecule has 8 nitrogen and oxygen atoms in total. The van der Waals surface area contributed by atoms with Crippen molar-refractivity contribution in [3.63, 3.8) is 0 Å². The monoisotopic (exact) mass is 645 g/mol. The van der Waals surface area contributed by atoms with E-state index >= 15 is 4.39 Å². The highest BCUT2D eigenvalue weighted by Crippen LogP contribution is 2.38. The lowest BCUT2D eigenvalue weighted by Crippen LogP contribution is -2.40. The number of benzene rings is 2. The first-order chi connectivity index (χ1) is 20.6. The Labute approximate surface area is 253 Å². The van der Waals surface area contributed by atoms with Crippen LogP contribution in [0.3, 0.4) is 0 Å². The maximum atomic E-state index is 15.4. The molecule has 3 N–H and O–H groups in total. The molecule has 0 radical (unpaired) electrons. The summed E-state index contributed by atoms with van der Waals surface area (Å²) >= 11 is 6.26. The van der Waals surface area contributed by atoms with Crippen molar-refractivity contribution in [3.8, 4) is 5.75 Å². The first kappa shape index (κ1) is 33.0. The van der Waals surface area contributed by atoms with Crippen LogP contribution in [0.4, 0.5) is 38.0 Å². The van der Waals surface area contributed by atoms with E-state index in [0.29, 0.717) is 5.52 Å². The number of rotatable bonds is 10. The van der Waals surface area contributed by atoms with Crippen molar-refractivity contribution in [1.82, 2.24) is 20.2 Å². The Morgan fingerprint density at radius 1 is 1.18 bits per heavy atom. The Balaban J connectivity index is 1.61. The van der Waals surface area contributed by atoms with Crippen LogP contribution < -0.4 is 20.7 Å². The molecule has 1 aliphatic carbocycles. The van der Waals surface area contributed by atoms with E-state index in [1.54, 1.807) is 7.05 Å². The summed E-state index contributed by atoms with van der Waals surface area (Å²) in [4.78, 5) is 29.5. The number of imidazole rings is 1. The van der Waals surface area contributed by atoms with Gasteiger partial charge < -0.3 is 25.3 Å². The minimum atomic E-state index is -4.31. The summed E-state index contributed by atoms with van der Waals surface area (Å²) in [5.41, 5.74) is 0.633. The fraction of sp³-hybridized carbons (Fsp3) is 0.414. The fourth-order valence-electron chi connectivity index (χ4n) is 4.89. The van der Waals surface area contributed by atoms with E-state index < -0.39 is 48.8 Å². The topological polar surface area (TPSA) is 97.3 Å². The number of carbonyl (C=O) groups is 2. The molecular formula is C29H30ClF6N5O3. The van der Waals surface area contributed by atoms with Gasteiger partial charge >= 0.3 is 6.18 Å². The van der Waals surface area contributed by atoms with Gasteiger partial charge in [0.2, 0.25) is 11.9 Å². The smallest absolute Gasteiger partial charge is 0.391 e. The average Bonchev–Trinajstić information content (AvgIpc) is 3.26. The summed E-state index contributed by atoms with van der Waals surface area (Å²) in [7, 11) is 1.55. The van der Waals surface area contributed by atoms with E-state index in [0.717, 1.165) is 0 Å². The van der Waals surface area contributed by atoms with Gasteiger partial charge in [0, 0.05) is 36.8 Å². The number of aryl methyl sites for hydroxylation is 1. The van der Waals surface area contributed by atoms with E-state index in [1.807, 2.05) is 0 Å². The summed E-state index contributed by atoms with van der Waals surface area (Å²) < 4.78 is 87.3. The van der Waals surface area contributed by atoms with Crippen LogP contribution in [0.5, 0.6) is 5.75 Å². The van der Waals surface area contributed by atoms with Crippen LogP contribution in [-0.2, 0) is 18.4 Å². The van der Waals surface area contributed by atoms with Gasteiger partial charge in [0.05, 0.1) is 33.2 Å². The Kier molecular flexibility index (Phi) is 10.0. The molecule has 1 aromatic heterocycles. The highest BCUT2D eigenvalue weighted by Gasteiger charge is 2.41. The molecule has 0 bridgehead atoms. The van der Waals surface area contributed by atoms with Gasteiger partial charge in [0.25, 0.3) is 12.3 Å². The maximum absolute atomic E-state index is 15.4. The van der Waals surface area contributed by atoms with Crippen molar-refractivity contribution in [2.45, 2.75) is 57.8 Å². The number of amides is 2. The third kappa shape index (κ3) is 7.58. The lowest BCUT2D eigenvalue weighted by atomic mass is 9.85. The van der Waals surface area contributed by atoms with Gasteiger partial charge in [0.1, 0.15) is 12.4 Å². The zero-order valence-corrected chi connectivity index (χ0v) is 24.5. The quantitative estimate of drug-likeness (QED) is 0.167. The van der Waals surface area contributed by atoms with E-state index in [9.17, 15) is 31.5 Å². The third-order valence-corrected chi connectivity index (χ3v) is 7.67. The molecule has 0 aliphatic heterocycles. The summed E-state index contributed by atoms with van der Waals surface area (Å²) in [6.07, 6.45) is -7.23. The van der Waals surface area contributed by atoms with Crippen molar-refractivity contribution >= 4 is 46.1 Å². The number of ether oxygens (including phenoxy) is 1. The molecule has 2 aromatic carbocycles. The Morgan fingerprint density at radius 3 is 2.48 bits per heavy atom. The second-order valence-corrected chi connectivity index (χ2v) is 11.0. The SMILES string of the molecule is C=C(C)C(=O)NCc1ccc(Cl)c(Nc2nc3cc(C(=O)NC4CCC(C(F)(F)F)CC4)c(OCC(F)F)cc3n2C)c1F. The number of nitrogens with zero attached hydrogens (tertiary/aromatic N) is 2. The molecule has 1 heterocycles. The molecule has 44 heavy (non-hydrogen) atoms. The molecular weight excluding hydrogens is 616 g/mol. The largest absolute Gasteiger partial charge is 0.487 e. The first-order valence-electron chi connectivity index (χ1n) is 13.6. The number of anilines is 2. The maximum Gasteiger partial charge on any atom is 0.391 e. The predicted octanol–water partition coefficient (Wildman–Crippen LogP) is 6.80. The second-order valence-electron chi connectivity index (χ2n) is 10.6. The number of alkyl halides is 5. The van der Waals surface area contributed by atoms with Crippen molar-refractivity contribution in [2.24, 2.45) is 13.0 Å². The van der Waals surface area contributed by atoms with E-state index in [2.05, 4.69) is 27.5 Å². The number of fused-ring (bicyclic) bond motifs is 1. The first-order valence-corrected chi connectivity index (χ1v) is 14.0. The summed E-state index contributed by atoms with van der Waals surface area (Å²) in [6, 6.07) is 4.92. The number of nitrogens with one attached hydrogen (secondary N) is 3. The Hall–Kier alpha value is -3.94. The Bertz CT molecular complexity index is 1570. The molecule has 0 unspecified atom stereocenters. The van der Waals surface area contributed by atoms with Gasteiger partial charge in [-0.05, 0) is 44.7 Å². The molecule has 0 spiro atoms. The van der Waals surface area contributed by atoms with Gasteiger partial charge in [-0.2, -0.15) is 13.2 Å². The van der Waals surface area contributed by atoms with E-state index in [1.165, 1.54) is 35.8 Å². The molecule has 2 amide bonds. The summed E-state index contributed by atoms with van der Waals surface area (Å²) in [6.45, 7) is 3.88. The van der Waals surface area contributed by atoms with Crippen molar-refractivity contribution < 1.29 is 40.7 Å². The van der Waals surface area contributed by atoms with E-state index in [4.69, 9.17) is 16.3 Å². The van der Waals surface area contributed by atoms with E-state index in [-0.39, 0.29) is 76.9 Å². The number of hydrogen-bond donors (Lipinski definition) is 3. The second kappa shape index (κ2) is 13.4.